The highest BCUT2D eigenvalue weighted by atomic mass is 79.9. The molecule has 2 rings (SSSR count). The molecule has 1 aromatic carbocycles. The Bertz CT molecular complexity index is 635. The number of halogens is 2. The van der Waals surface area contributed by atoms with E-state index >= 15 is 0 Å². The Balaban J connectivity index is 2.53. The van der Waals surface area contributed by atoms with Crippen molar-refractivity contribution in [3.63, 3.8) is 0 Å². The van der Waals surface area contributed by atoms with Gasteiger partial charge in [-0.2, -0.15) is 9.78 Å². The molecule has 19 heavy (non-hydrogen) atoms. The van der Waals surface area contributed by atoms with E-state index in [1.165, 1.54) is 28.9 Å². The zero-order valence-electron chi connectivity index (χ0n) is 10.7. The SMILES string of the molecule is CC(C)Cc1c(Br)cnn(-c2ccc(F)cc2)c1=O. The van der Waals surface area contributed by atoms with Gasteiger partial charge in [-0.3, -0.25) is 4.79 Å². The van der Waals surface area contributed by atoms with Crippen molar-refractivity contribution in [1.82, 2.24) is 9.78 Å². The zero-order valence-corrected chi connectivity index (χ0v) is 12.3. The Morgan fingerprint density at radius 1 is 1.32 bits per heavy atom. The molecule has 0 spiro atoms. The molecule has 1 aromatic heterocycles. The molecular formula is C14H14BrFN2O. The van der Waals surface area contributed by atoms with Crippen molar-refractivity contribution in [3.8, 4) is 5.69 Å². The van der Waals surface area contributed by atoms with Crippen molar-refractivity contribution in [2.24, 2.45) is 5.92 Å². The Hall–Kier alpha value is -1.49. The molecule has 0 fully saturated rings. The molecule has 0 N–H and O–H groups in total. The van der Waals surface area contributed by atoms with E-state index < -0.39 is 0 Å². The van der Waals surface area contributed by atoms with Gasteiger partial charge >= 0.3 is 0 Å². The molecule has 0 bridgehead atoms. The minimum absolute atomic E-state index is 0.172. The molecule has 5 heteroatoms. The lowest BCUT2D eigenvalue weighted by Gasteiger charge is -2.10. The second-order valence-corrected chi connectivity index (χ2v) is 5.62. The molecule has 2 aromatic rings. The van der Waals surface area contributed by atoms with Gasteiger partial charge in [0, 0.05) is 10.0 Å². The van der Waals surface area contributed by atoms with Gasteiger partial charge in [0.15, 0.2) is 0 Å². The van der Waals surface area contributed by atoms with E-state index in [1.807, 2.05) is 0 Å². The number of hydrogen-bond donors (Lipinski definition) is 0. The van der Waals surface area contributed by atoms with Gasteiger partial charge in [0.2, 0.25) is 0 Å². The Kier molecular flexibility index (Phi) is 4.14. The van der Waals surface area contributed by atoms with Crippen molar-refractivity contribution in [1.29, 1.82) is 0 Å². The van der Waals surface area contributed by atoms with Gasteiger partial charge in [0.1, 0.15) is 5.82 Å². The molecule has 100 valence electrons. The lowest BCUT2D eigenvalue weighted by molar-refractivity contribution is 0.623. The van der Waals surface area contributed by atoms with Crippen LogP contribution in [0.5, 0.6) is 0 Å². The third-order valence-electron chi connectivity index (χ3n) is 2.71. The van der Waals surface area contributed by atoms with Gasteiger partial charge in [-0.1, -0.05) is 13.8 Å². The average Bonchev–Trinajstić information content (AvgIpc) is 2.36. The van der Waals surface area contributed by atoms with Crippen molar-refractivity contribution < 1.29 is 4.39 Å². The van der Waals surface area contributed by atoms with Crippen LogP contribution in [0.1, 0.15) is 19.4 Å². The number of rotatable bonds is 3. The summed E-state index contributed by atoms with van der Waals surface area (Å²) >= 11 is 3.36. The van der Waals surface area contributed by atoms with Crippen LogP contribution in [0, 0.1) is 11.7 Å². The molecule has 3 nitrogen and oxygen atoms in total. The molecule has 0 saturated heterocycles. The minimum Gasteiger partial charge on any atom is -0.267 e. The molecule has 1 heterocycles. The highest BCUT2D eigenvalue weighted by Gasteiger charge is 2.12. The van der Waals surface area contributed by atoms with Gasteiger partial charge in [-0.15, -0.1) is 0 Å². The summed E-state index contributed by atoms with van der Waals surface area (Å²) in [5.74, 6) is 0.0318. The van der Waals surface area contributed by atoms with Gasteiger partial charge < -0.3 is 0 Å². The smallest absolute Gasteiger partial charge is 0.267 e. The van der Waals surface area contributed by atoms with Gasteiger partial charge in [0.25, 0.3) is 5.56 Å². The minimum atomic E-state index is -0.337. The van der Waals surface area contributed by atoms with Crippen LogP contribution >= 0.6 is 15.9 Å². The van der Waals surface area contributed by atoms with Crippen LogP contribution in [-0.4, -0.2) is 9.78 Å². The van der Waals surface area contributed by atoms with Gasteiger partial charge in [-0.25, -0.2) is 4.39 Å². The molecule has 0 saturated carbocycles. The predicted octanol–water partition coefficient (Wildman–Crippen LogP) is 3.33. The second-order valence-electron chi connectivity index (χ2n) is 4.76. The molecule has 0 aliphatic rings. The Morgan fingerprint density at radius 3 is 2.53 bits per heavy atom. The van der Waals surface area contributed by atoms with E-state index in [4.69, 9.17) is 0 Å². The topological polar surface area (TPSA) is 34.9 Å². The van der Waals surface area contributed by atoms with E-state index in [0.717, 1.165) is 0 Å². The van der Waals surface area contributed by atoms with Crippen LogP contribution in [0.15, 0.2) is 39.7 Å². The first-order valence-electron chi connectivity index (χ1n) is 6.01. The highest BCUT2D eigenvalue weighted by molar-refractivity contribution is 9.10. The molecular weight excluding hydrogens is 311 g/mol. The average molecular weight is 325 g/mol. The Morgan fingerprint density at radius 2 is 1.95 bits per heavy atom. The molecule has 0 aliphatic heterocycles. The fourth-order valence-electron chi connectivity index (χ4n) is 1.83. The van der Waals surface area contributed by atoms with E-state index in [-0.39, 0.29) is 11.4 Å². The predicted molar refractivity (Wildman–Crippen MR) is 76.0 cm³/mol. The van der Waals surface area contributed by atoms with E-state index in [9.17, 15) is 9.18 Å². The van der Waals surface area contributed by atoms with Crippen LogP contribution in [0.3, 0.4) is 0 Å². The van der Waals surface area contributed by atoms with Crippen molar-refractivity contribution in [2.45, 2.75) is 20.3 Å². The maximum atomic E-state index is 12.9. The van der Waals surface area contributed by atoms with Crippen molar-refractivity contribution in [3.05, 3.63) is 56.7 Å². The summed E-state index contributed by atoms with van der Waals surface area (Å²) in [6.45, 7) is 4.10. The van der Waals surface area contributed by atoms with Crippen LogP contribution in [-0.2, 0) is 6.42 Å². The highest BCUT2D eigenvalue weighted by Crippen LogP contribution is 2.16. The summed E-state index contributed by atoms with van der Waals surface area (Å²) in [6, 6.07) is 5.70. The van der Waals surface area contributed by atoms with Crippen LogP contribution in [0.2, 0.25) is 0 Å². The number of nitrogens with zero attached hydrogens (tertiary/aromatic N) is 2. The van der Waals surface area contributed by atoms with E-state index in [1.54, 1.807) is 6.20 Å². The van der Waals surface area contributed by atoms with Crippen LogP contribution in [0.25, 0.3) is 5.69 Å². The third kappa shape index (κ3) is 3.10. The van der Waals surface area contributed by atoms with Crippen molar-refractivity contribution in [2.75, 3.05) is 0 Å². The molecule has 0 atom stereocenters. The van der Waals surface area contributed by atoms with Crippen LogP contribution < -0.4 is 5.56 Å². The number of hydrogen-bond acceptors (Lipinski definition) is 2. The molecule has 0 unspecified atom stereocenters. The maximum absolute atomic E-state index is 12.9. The number of benzene rings is 1. The van der Waals surface area contributed by atoms with E-state index in [0.29, 0.717) is 28.1 Å². The number of aromatic nitrogens is 2. The quantitative estimate of drug-likeness (QED) is 0.868. The zero-order chi connectivity index (χ0) is 14.0. The van der Waals surface area contributed by atoms with E-state index in [2.05, 4.69) is 34.9 Å². The first-order chi connectivity index (χ1) is 8.99. The summed E-state index contributed by atoms with van der Waals surface area (Å²) in [7, 11) is 0. The summed E-state index contributed by atoms with van der Waals surface area (Å²) in [4.78, 5) is 12.4. The first kappa shape index (κ1) is 13.9. The lowest BCUT2D eigenvalue weighted by Crippen LogP contribution is -2.26. The van der Waals surface area contributed by atoms with Crippen molar-refractivity contribution >= 4 is 15.9 Å². The molecule has 0 radical (unpaired) electrons. The standard InChI is InChI=1S/C14H14BrFN2O/c1-9(2)7-12-13(15)8-17-18(14(12)19)11-5-3-10(16)4-6-11/h3-6,8-9H,7H2,1-2H3. The fourth-order valence-corrected chi connectivity index (χ4v) is 2.25. The fraction of sp³-hybridized carbons (Fsp3) is 0.286. The largest absolute Gasteiger partial charge is 0.275 e. The normalized spacial score (nSPS) is 11.0. The molecule has 0 amide bonds. The Labute approximate surface area is 119 Å². The monoisotopic (exact) mass is 324 g/mol. The summed E-state index contributed by atoms with van der Waals surface area (Å²) in [6.07, 6.45) is 2.27. The molecule has 0 aliphatic carbocycles. The first-order valence-corrected chi connectivity index (χ1v) is 6.81. The third-order valence-corrected chi connectivity index (χ3v) is 3.39. The second kappa shape index (κ2) is 5.65. The summed E-state index contributed by atoms with van der Waals surface area (Å²) in [5, 5.41) is 4.08. The maximum Gasteiger partial charge on any atom is 0.275 e. The van der Waals surface area contributed by atoms with Crippen LogP contribution in [0.4, 0.5) is 4.39 Å². The summed E-state index contributed by atoms with van der Waals surface area (Å²) < 4.78 is 14.9. The summed E-state index contributed by atoms with van der Waals surface area (Å²) in [5.41, 5.74) is 1.08. The van der Waals surface area contributed by atoms with Gasteiger partial charge in [-0.05, 0) is 52.5 Å². The van der Waals surface area contributed by atoms with Gasteiger partial charge in [0.05, 0.1) is 11.9 Å². The lowest BCUT2D eigenvalue weighted by atomic mass is 10.1.